The first-order valence-corrected chi connectivity index (χ1v) is 6.25. The molecule has 18 heavy (non-hydrogen) atoms. The first-order valence-electron chi connectivity index (χ1n) is 5.87. The van der Waals surface area contributed by atoms with Gasteiger partial charge in [-0.1, -0.05) is 37.6 Å². The lowest BCUT2D eigenvalue weighted by atomic mass is 9.85. The molecule has 0 unspecified atom stereocenters. The van der Waals surface area contributed by atoms with Crippen LogP contribution in [0, 0.1) is 0 Å². The summed E-state index contributed by atoms with van der Waals surface area (Å²) < 4.78 is 1.60. The number of hydrogen-bond acceptors (Lipinski definition) is 2. The fourth-order valence-electron chi connectivity index (χ4n) is 2.10. The Balaban J connectivity index is 2.89. The molecule has 1 heterocycles. The first-order chi connectivity index (χ1) is 8.38. The molecule has 0 saturated carbocycles. The van der Waals surface area contributed by atoms with Gasteiger partial charge in [-0.3, -0.25) is 4.79 Å². The maximum atomic E-state index is 12.4. The number of aromatic nitrogens is 1. The maximum absolute atomic E-state index is 12.4. The Morgan fingerprint density at radius 2 is 2.06 bits per heavy atom. The highest BCUT2D eigenvalue weighted by atomic mass is 35.5. The van der Waals surface area contributed by atoms with Gasteiger partial charge in [0.1, 0.15) is 0 Å². The van der Waals surface area contributed by atoms with Gasteiger partial charge in [-0.25, -0.2) is 0 Å². The van der Waals surface area contributed by atoms with Crippen LogP contribution in [-0.4, -0.2) is 11.1 Å². The molecular weight excluding hydrogens is 248 g/mol. The summed E-state index contributed by atoms with van der Waals surface area (Å²) in [6, 6.07) is 7.53. The molecule has 4 heteroatoms. The van der Waals surface area contributed by atoms with E-state index in [0.29, 0.717) is 11.6 Å². The molecule has 96 valence electrons. The Hall–Kier alpha value is -1.32. The van der Waals surface area contributed by atoms with Crippen LogP contribution in [-0.2, 0) is 12.5 Å². The molecule has 2 rings (SSSR count). The number of benzene rings is 1. The van der Waals surface area contributed by atoms with E-state index in [9.17, 15) is 4.79 Å². The predicted molar refractivity (Wildman–Crippen MR) is 76.3 cm³/mol. The van der Waals surface area contributed by atoms with Crippen LogP contribution in [0.1, 0.15) is 19.4 Å². The third-order valence-corrected chi connectivity index (χ3v) is 3.73. The van der Waals surface area contributed by atoms with Crippen LogP contribution in [0.25, 0.3) is 10.9 Å². The van der Waals surface area contributed by atoms with Gasteiger partial charge in [-0.05, 0) is 12.1 Å². The first kappa shape index (κ1) is 13.1. The monoisotopic (exact) mass is 264 g/mol. The van der Waals surface area contributed by atoms with E-state index in [-0.39, 0.29) is 11.0 Å². The van der Waals surface area contributed by atoms with E-state index in [1.165, 1.54) is 0 Å². The molecule has 0 aliphatic rings. The fourth-order valence-corrected chi connectivity index (χ4v) is 2.41. The van der Waals surface area contributed by atoms with Crippen molar-refractivity contribution in [3.8, 4) is 0 Å². The Morgan fingerprint density at radius 1 is 1.39 bits per heavy atom. The van der Waals surface area contributed by atoms with Gasteiger partial charge in [0, 0.05) is 30.0 Å². The maximum Gasteiger partial charge on any atom is 0.254 e. The topological polar surface area (TPSA) is 48.0 Å². The quantitative estimate of drug-likeness (QED) is 0.906. The van der Waals surface area contributed by atoms with Crippen molar-refractivity contribution in [3.05, 3.63) is 45.2 Å². The molecule has 0 spiro atoms. The zero-order valence-corrected chi connectivity index (χ0v) is 11.6. The van der Waals surface area contributed by atoms with Gasteiger partial charge in [-0.15, -0.1) is 0 Å². The third kappa shape index (κ3) is 1.93. The minimum Gasteiger partial charge on any atom is -0.330 e. The second-order valence-corrected chi connectivity index (χ2v) is 5.60. The van der Waals surface area contributed by atoms with Crippen molar-refractivity contribution in [2.24, 2.45) is 12.8 Å². The average Bonchev–Trinajstić information content (AvgIpc) is 2.33. The summed E-state index contributed by atoms with van der Waals surface area (Å²) in [6.07, 6.45) is 0. The third-order valence-electron chi connectivity index (χ3n) is 3.43. The summed E-state index contributed by atoms with van der Waals surface area (Å²) in [6.45, 7) is 4.37. The van der Waals surface area contributed by atoms with E-state index in [1.54, 1.807) is 17.7 Å². The van der Waals surface area contributed by atoms with Gasteiger partial charge < -0.3 is 10.3 Å². The van der Waals surface area contributed by atoms with Crippen molar-refractivity contribution in [3.63, 3.8) is 0 Å². The number of aryl methyl sites for hydroxylation is 1. The van der Waals surface area contributed by atoms with Gasteiger partial charge >= 0.3 is 0 Å². The van der Waals surface area contributed by atoms with Crippen LogP contribution < -0.4 is 11.3 Å². The SMILES string of the molecule is Cn1c(=O)c(C(C)(C)CN)cc2cccc(Cl)c21. The smallest absolute Gasteiger partial charge is 0.254 e. The molecule has 2 N–H and O–H groups in total. The number of rotatable bonds is 2. The van der Waals surface area contributed by atoms with Crippen molar-refractivity contribution in [1.29, 1.82) is 0 Å². The van der Waals surface area contributed by atoms with E-state index >= 15 is 0 Å². The summed E-state index contributed by atoms with van der Waals surface area (Å²) in [7, 11) is 1.74. The average molecular weight is 265 g/mol. The molecule has 0 saturated heterocycles. The minimum absolute atomic E-state index is 0.0361. The second-order valence-electron chi connectivity index (χ2n) is 5.19. The number of fused-ring (bicyclic) bond motifs is 1. The van der Waals surface area contributed by atoms with Gasteiger partial charge in [0.25, 0.3) is 5.56 Å². The molecule has 1 aromatic heterocycles. The van der Waals surface area contributed by atoms with Crippen LogP contribution in [0.4, 0.5) is 0 Å². The molecule has 0 atom stereocenters. The highest BCUT2D eigenvalue weighted by Gasteiger charge is 2.23. The lowest BCUT2D eigenvalue weighted by molar-refractivity contribution is 0.529. The largest absolute Gasteiger partial charge is 0.330 e. The second kappa shape index (κ2) is 4.41. The number of nitrogens with zero attached hydrogens (tertiary/aromatic N) is 1. The predicted octanol–water partition coefficient (Wildman–Crippen LogP) is 2.43. The highest BCUT2D eigenvalue weighted by molar-refractivity contribution is 6.35. The van der Waals surface area contributed by atoms with Gasteiger partial charge in [0.15, 0.2) is 0 Å². The molecule has 0 radical (unpaired) electrons. The number of hydrogen-bond donors (Lipinski definition) is 1. The van der Waals surface area contributed by atoms with E-state index in [0.717, 1.165) is 16.5 Å². The molecule has 2 aromatic rings. The van der Waals surface area contributed by atoms with Crippen molar-refractivity contribution >= 4 is 22.5 Å². The van der Waals surface area contributed by atoms with Crippen LogP contribution >= 0.6 is 11.6 Å². The van der Waals surface area contributed by atoms with Gasteiger partial charge in [-0.2, -0.15) is 0 Å². The fraction of sp³-hybridized carbons (Fsp3) is 0.357. The van der Waals surface area contributed by atoms with E-state index < -0.39 is 0 Å². The van der Waals surface area contributed by atoms with Gasteiger partial charge in [0.05, 0.1) is 10.5 Å². The molecule has 0 fully saturated rings. The normalized spacial score (nSPS) is 12.1. The Kier molecular flexibility index (Phi) is 3.21. The summed E-state index contributed by atoms with van der Waals surface area (Å²) >= 11 is 6.15. The van der Waals surface area contributed by atoms with E-state index in [4.69, 9.17) is 17.3 Å². The summed E-state index contributed by atoms with van der Waals surface area (Å²) in [5, 5.41) is 1.55. The van der Waals surface area contributed by atoms with E-state index in [1.807, 2.05) is 32.0 Å². The van der Waals surface area contributed by atoms with Crippen LogP contribution in [0.15, 0.2) is 29.1 Å². The number of halogens is 1. The lowest BCUT2D eigenvalue weighted by Crippen LogP contribution is -2.36. The molecule has 0 amide bonds. The minimum atomic E-state index is -0.342. The molecule has 0 aliphatic heterocycles. The molecule has 3 nitrogen and oxygen atoms in total. The molecular formula is C14H17ClN2O. The number of nitrogens with two attached hydrogens (primary N) is 1. The molecule has 0 aliphatic carbocycles. The van der Waals surface area contributed by atoms with E-state index in [2.05, 4.69) is 0 Å². The molecule has 1 aromatic carbocycles. The zero-order valence-electron chi connectivity index (χ0n) is 10.8. The summed E-state index contributed by atoms with van der Waals surface area (Å²) in [5.41, 5.74) is 6.87. The van der Waals surface area contributed by atoms with Crippen molar-refractivity contribution in [2.75, 3.05) is 6.54 Å². The summed E-state index contributed by atoms with van der Waals surface area (Å²) in [5.74, 6) is 0. The van der Waals surface area contributed by atoms with Crippen molar-refractivity contribution < 1.29 is 0 Å². The van der Waals surface area contributed by atoms with Crippen LogP contribution in [0.3, 0.4) is 0 Å². The summed E-state index contributed by atoms with van der Waals surface area (Å²) in [4.78, 5) is 12.4. The lowest BCUT2D eigenvalue weighted by Gasteiger charge is -2.23. The van der Waals surface area contributed by atoms with Crippen LogP contribution in [0.2, 0.25) is 5.02 Å². The highest BCUT2D eigenvalue weighted by Crippen LogP contribution is 2.26. The number of para-hydroxylation sites is 1. The number of pyridine rings is 1. The Morgan fingerprint density at radius 3 is 2.67 bits per heavy atom. The Bertz CT molecular complexity index is 659. The van der Waals surface area contributed by atoms with Crippen molar-refractivity contribution in [1.82, 2.24) is 4.57 Å². The van der Waals surface area contributed by atoms with Crippen LogP contribution in [0.5, 0.6) is 0 Å². The molecule has 0 bridgehead atoms. The van der Waals surface area contributed by atoms with Crippen molar-refractivity contribution in [2.45, 2.75) is 19.3 Å². The van der Waals surface area contributed by atoms with Gasteiger partial charge in [0.2, 0.25) is 0 Å². The zero-order chi connectivity index (χ0) is 13.5. The standard InChI is InChI=1S/C14H17ClN2O/c1-14(2,8-16)10-7-9-5-4-6-11(15)12(9)17(3)13(10)18/h4-7H,8,16H2,1-3H3. The Labute approximate surface area is 111 Å².